The molecule has 0 saturated carbocycles. The second-order valence-corrected chi connectivity index (χ2v) is 2.76. The molecule has 13 heavy (non-hydrogen) atoms. The van der Waals surface area contributed by atoms with Crippen molar-refractivity contribution in [3.05, 3.63) is 41.7 Å². The van der Waals surface area contributed by atoms with E-state index in [1.54, 1.807) is 18.2 Å². The molecule has 1 rings (SSSR count). The first-order valence-corrected chi connectivity index (χ1v) is 4.12. The van der Waals surface area contributed by atoms with Gasteiger partial charge in [0.2, 0.25) is 0 Å². The maximum atomic E-state index is 11.3. The predicted molar refractivity (Wildman–Crippen MR) is 51.8 cm³/mol. The Kier molecular flexibility index (Phi) is 3.46. The third kappa shape index (κ3) is 2.87. The topological polar surface area (TPSA) is 42.0 Å². The lowest BCUT2D eigenvalue weighted by Gasteiger charge is -2.00. The van der Waals surface area contributed by atoms with Gasteiger partial charge in [-0.2, -0.15) is 0 Å². The Morgan fingerprint density at radius 2 is 2.46 bits per heavy atom. The summed E-state index contributed by atoms with van der Waals surface area (Å²) < 4.78 is 0. The van der Waals surface area contributed by atoms with Gasteiger partial charge in [0, 0.05) is 12.7 Å². The van der Waals surface area contributed by atoms with Gasteiger partial charge in [-0.3, -0.25) is 4.79 Å². The van der Waals surface area contributed by atoms with Crippen molar-refractivity contribution < 1.29 is 4.79 Å². The van der Waals surface area contributed by atoms with Crippen LogP contribution in [0.4, 0.5) is 0 Å². The highest BCUT2D eigenvalue weighted by Crippen LogP contribution is 2.04. The van der Waals surface area contributed by atoms with E-state index in [0.29, 0.717) is 17.3 Å². The van der Waals surface area contributed by atoms with Crippen LogP contribution in [-0.4, -0.2) is 17.4 Å². The first-order chi connectivity index (χ1) is 6.24. The number of nitrogens with one attached hydrogen (secondary N) is 1. The van der Waals surface area contributed by atoms with Crippen molar-refractivity contribution in [3.63, 3.8) is 0 Å². The Balaban J connectivity index is 2.66. The standard InChI is InChI=1S/C9H9ClN2O/c1-2-5-11-9(13)7-3-4-8(10)12-6-7/h2-4,6H,1,5H2,(H,11,13). The Labute approximate surface area is 81.4 Å². The highest BCUT2D eigenvalue weighted by atomic mass is 35.5. The normalized spacial score (nSPS) is 9.31. The SMILES string of the molecule is C=CCNC(=O)c1ccc(Cl)nc1. The lowest BCUT2D eigenvalue weighted by molar-refractivity contribution is 0.0957. The van der Waals surface area contributed by atoms with E-state index in [1.165, 1.54) is 6.20 Å². The predicted octanol–water partition coefficient (Wildman–Crippen LogP) is 1.65. The average Bonchev–Trinajstić information content (AvgIpc) is 2.15. The zero-order valence-corrected chi connectivity index (χ0v) is 7.71. The molecule has 0 aliphatic carbocycles. The molecule has 3 nitrogen and oxygen atoms in total. The van der Waals surface area contributed by atoms with Crippen LogP contribution in [0.25, 0.3) is 0 Å². The summed E-state index contributed by atoms with van der Waals surface area (Å²) in [6.07, 6.45) is 3.04. The highest BCUT2D eigenvalue weighted by molar-refractivity contribution is 6.29. The van der Waals surface area contributed by atoms with E-state index < -0.39 is 0 Å². The molecule has 1 aromatic rings. The second-order valence-electron chi connectivity index (χ2n) is 2.37. The van der Waals surface area contributed by atoms with Crippen LogP contribution in [0.1, 0.15) is 10.4 Å². The van der Waals surface area contributed by atoms with Crippen LogP contribution in [0.2, 0.25) is 5.15 Å². The summed E-state index contributed by atoms with van der Waals surface area (Å²) in [6, 6.07) is 3.19. The molecule has 0 aromatic carbocycles. The number of carbonyl (C=O) groups is 1. The van der Waals surface area contributed by atoms with E-state index >= 15 is 0 Å². The Morgan fingerprint density at radius 3 is 3.00 bits per heavy atom. The number of aromatic nitrogens is 1. The van der Waals surface area contributed by atoms with Gasteiger partial charge in [0.25, 0.3) is 5.91 Å². The van der Waals surface area contributed by atoms with Crippen molar-refractivity contribution in [2.45, 2.75) is 0 Å². The second kappa shape index (κ2) is 4.62. The van der Waals surface area contributed by atoms with Crippen LogP contribution < -0.4 is 5.32 Å². The van der Waals surface area contributed by atoms with Crippen molar-refractivity contribution in [3.8, 4) is 0 Å². The quantitative estimate of drug-likeness (QED) is 0.590. The van der Waals surface area contributed by atoms with Gasteiger partial charge in [-0.25, -0.2) is 4.98 Å². The molecule has 1 amide bonds. The fourth-order valence-corrected chi connectivity index (χ4v) is 0.889. The number of pyridine rings is 1. The average molecular weight is 197 g/mol. The Bertz CT molecular complexity index is 308. The summed E-state index contributed by atoms with van der Waals surface area (Å²) in [4.78, 5) is 15.1. The monoisotopic (exact) mass is 196 g/mol. The molecule has 0 fully saturated rings. The first-order valence-electron chi connectivity index (χ1n) is 3.74. The summed E-state index contributed by atoms with van der Waals surface area (Å²) in [5.41, 5.74) is 0.492. The molecule has 0 aliphatic heterocycles. The molecule has 0 atom stereocenters. The van der Waals surface area contributed by atoms with Crippen LogP contribution in [0, 0.1) is 0 Å². The number of amides is 1. The molecule has 68 valence electrons. The van der Waals surface area contributed by atoms with Crippen molar-refractivity contribution in [2.24, 2.45) is 0 Å². The molecule has 0 spiro atoms. The van der Waals surface area contributed by atoms with Gasteiger partial charge in [0.05, 0.1) is 5.56 Å². The van der Waals surface area contributed by atoms with Gasteiger partial charge >= 0.3 is 0 Å². The fourth-order valence-electron chi connectivity index (χ4n) is 0.777. The van der Waals surface area contributed by atoms with Crippen molar-refractivity contribution in [2.75, 3.05) is 6.54 Å². The van der Waals surface area contributed by atoms with Crippen LogP contribution in [0.5, 0.6) is 0 Å². The third-order valence-corrected chi connectivity index (χ3v) is 1.62. The Hall–Kier alpha value is -1.35. The molecule has 1 aromatic heterocycles. The molecule has 0 radical (unpaired) electrons. The number of halogens is 1. The largest absolute Gasteiger partial charge is 0.349 e. The lowest BCUT2D eigenvalue weighted by Crippen LogP contribution is -2.23. The summed E-state index contributed by atoms with van der Waals surface area (Å²) in [6.45, 7) is 3.93. The van der Waals surface area contributed by atoms with E-state index in [0.717, 1.165) is 0 Å². The zero-order valence-electron chi connectivity index (χ0n) is 6.96. The van der Waals surface area contributed by atoms with Crippen molar-refractivity contribution in [1.82, 2.24) is 10.3 Å². The van der Waals surface area contributed by atoms with Gasteiger partial charge < -0.3 is 5.32 Å². The van der Waals surface area contributed by atoms with E-state index in [2.05, 4.69) is 16.9 Å². The summed E-state index contributed by atoms with van der Waals surface area (Å²) in [5.74, 6) is -0.177. The van der Waals surface area contributed by atoms with Crippen molar-refractivity contribution in [1.29, 1.82) is 0 Å². The molecule has 0 aliphatic rings. The maximum absolute atomic E-state index is 11.3. The fraction of sp³-hybridized carbons (Fsp3) is 0.111. The summed E-state index contributed by atoms with van der Waals surface area (Å²) >= 11 is 5.56. The summed E-state index contributed by atoms with van der Waals surface area (Å²) in [7, 11) is 0. The number of hydrogen-bond acceptors (Lipinski definition) is 2. The smallest absolute Gasteiger partial charge is 0.253 e. The third-order valence-electron chi connectivity index (χ3n) is 1.40. The van der Waals surface area contributed by atoms with Crippen LogP contribution in [0.15, 0.2) is 31.0 Å². The number of carbonyl (C=O) groups excluding carboxylic acids is 1. The van der Waals surface area contributed by atoms with Crippen molar-refractivity contribution >= 4 is 17.5 Å². The maximum Gasteiger partial charge on any atom is 0.253 e. The molecule has 0 unspecified atom stereocenters. The molecule has 1 N–H and O–H groups in total. The van der Waals surface area contributed by atoms with E-state index in [1.807, 2.05) is 0 Å². The van der Waals surface area contributed by atoms with Crippen LogP contribution >= 0.6 is 11.6 Å². The molecule has 0 saturated heterocycles. The van der Waals surface area contributed by atoms with E-state index in [-0.39, 0.29) is 5.91 Å². The highest BCUT2D eigenvalue weighted by Gasteiger charge is 2.03. The van der Waals surface area contributed by atoms with E-state index in [9.17, 15) is 4.79 Å². The van der Waals surface area contributed by atoms with Crippen LogP contribution in [0.3, 0.4) is 0 Å². The van der Waals surface area contributed by atoms with E-state index in [4.69, 9.17) is 11.6 Å². The first kappa shape index (κ1) is 9.74. The zero-order chi connectivity index (χ0) is 9.68. The molecular weight excluding hydrogens is 188 g/mol. The van der Waals surface area contributed by atoms with Gasteiger partial charge in [0.15, 0.2) is 0 Å². The molecular formula is C9H9ClN2O. The molecule has 1 heterocycles. The van der Waals surface area contributed by atoms with Gasteiger partial charge in [0.1, 0.15) is 5.15 Å². The summed E-state index contributed by atoms with van der Waals surface area (Å²) in [5, 5.41) is 3.00. The number of hydrogen-bond donors (Lipinski definition) is 1. The Morgan fingerprint density at radius 1 is 1.69 bits per heavy atom. The van der Waals surface area contributed by atoms with Gasteiger partial charge in [-0.05, 0) is 12.1 Å². The lowest BCUT2D eigenvalue weighted by atomic mass is 10.3. The van der Waals surface area contributed by atoms with Gasteiger partial charge in [-0.1, -0.05) is 17.7 Å². The van der Waals surface area contributed by atoms with Crippen LogP contribution in [-0.2, 0) is 0 Å². The minimum Gasteiger partial charge on any atom is -0.349 e. The molecule has 0 bridgehead atoms. The molecule has 4 heteroatoms. The number of rotatable bonds is 3. The number of nitrogens with zero attached hydrogens (tertiary/aromatic N) is 1. The van der Waals surface area contributed by atoms with Gasteiger partial charge in [-0.15, -0.1) is 6.58 Å². The minimum atomic E-state index is -0.177. The minimum absolute atomic E-state index is 0.177.